The molecular weight excluding hydrogens is 346 g/mol. The minimum absolute atomic E-state index is 0.101. The number of nitrogens with zero attached hydrogens (tertiary/aromatic N) is 3. The number of morpholine rings is 1. The summed E-state index contributed by atoms with van der Waals surface area (Å²) in [6.45, 7) is 5.35. The molecule has 9 heteroatoms. The van der Waals surface area contributed by atoms with Gasteiger partial charge in [-0.3, -0.25) is 0 Å². The van der Waals surface area contributed by atoms with Gasteiger partial charge in [0, 0.05) is 19.0 Å². The van der Waals surface area contributed by atoms with Crippen molar-refractivity contribution in [2.45, 2.75) is 24.7 Å². The highest BCUT2D eigenvalue weighted by Gasteiger charge is 2.28. The highest BCUT2D eigenvalue weighted by atomic mass is 32.2. The van der Waals surface area contributed by atoms with Gasteiger partial charge in [-0.15, -0.1) is 0 Å². The van der Waals surface area contributed by atoms with Crippen molar-refractivity contribution in [1.82, 2.24) is 14.4 Å². The Morgan fingerprint density at radius 2 is 1.96 bits per heavy atom. The second-order valence-electron chi connectivity index (χ2n) is 5.99. The van der Waals surface area contributed by atoms with Crippen molar-refractivity contribution in [2.24, 2.45) is 0 Å². The zero-order valence-electron chi connectivity index (χ0n) is 14.4. The largest absolute Gasteiger partial charge is 0.496 e. The lowest BCUT2D eigenvalue weighted by Crippen LogP contribution is -2.40. The summed E-state index contributed by atoms with van der Waals surface area (Å²) in [6, 6.07) is 4.63. The average molecular weight is 367 g/mol. The summed E-state index contributed by atoms with van der Waals surface area (Å²) in [7, 11) is -2.11. The van der Waals surface area contributed by atoms with Crippen LogP contribution in [0.15, 0.2) is 27.6 Å². The van der Waals surface area contributed by atoms with Gasteiger partial charge >= 0.3 is 0 Å². The third kappa shape index (κ3) is 3.53. The zero-order valence-corrected chi connectivity index (χ0v) is 15.2. The molecule has 2 heterocycles. The molecule has 1 aromatic heterocycles. The molecule has 0 amide bonds. The van der Waals surface area contributed by atoms with Crippen LogP contribution in [0, 0.1) is 0 Å². The topological polar surface area (TPSA) is 94.8 Å². The molecule has 1 fully saturated rings. The monoisotopic (exact) mass is 367 g/mol. The van der Waals surface area contributed by atoms with E-state index in [0.29, 0.717) is 43.4 Å². The van der Waals surface area contributed by atoms with E-state index in [1.165, 1.54) is 23.5 Å². The lowest BCUT2D eigenvalue weighted by atomic mass is 10.2. The van der Waals surface area contributed by atoms with Crippen molar-refractivity contribution >= 4 is 10.0 Å². The fourth-order valence-electron chi connectivity index (χ4n) is 2.53. The normalized spacial score (nSPS) is 16.3. The van der Waals surface area contributed by atoms with E-state index in [1.54, 1.807) is 6.07 Å². The van der Waals surface area contributed by atoms with Crippen molar-refractivity contribution in [3.05, 3.63) is 24.0 Å². The summed E-state index contributed by atoms with van der Waals surface area (Å²) in [5.74, 6) is 1.36. The molecule has 1 aromatic carbocycles. The Bertz CT molecular complexity index is 841. The summed E-state index contributed by atoms with van der Waals surface area (Å²) in [6.07, 6.45) is 0. The van der Waals surface area contributed by atoms with Gasteiger partial charge in [0.25, 0.3) is 5.89 Å². The van der Waals surface area contributed by atoms with E-state index in [0.717, 1.165) is 0 Å². The van der Waals surface area contributed by atoms with Crippen LogP contribution in [0.4, 0.5) is 0 Å². The number of hydrogen-bond acceptors (Lipinski definition) is 7. The van der Waals surface area contributed by atoms with Crippen LogP contribution < -0.4 is 4.74 Å². The lowest BCUT2D eigenvalue weighted by molar-refractivity contribution is 0.0730. The van der Waals surface area contributed by atoms with Crippen LogP contribution in [-0.2, 0) is 14.8 Å². The minimum Gasteiger partial charge on any atom is -0.496 e. The van der Waals surface area contributed by atoms with Crippen LogP contribution in [0.5, 0.6) is 5.75 Å². The van der Waals surface area contributed by atoms with Crippen LogP contribution in [0.2, 0.25) is 0 Å². The molecule has 0 aliphatic carbocycles. The van der Waals surface area contributed by atoms with E-state index in [2.05, 4.69) is 10.1 Å². The highest BCUT2D eigenvalue weighted by molar-refractivity contribution is 7.89. The molecule has 0 bridgehead atoms. The summed E-state index contributed by atoms with van der Waals surface area (Å²) in [5.41, 5.74) is 0.455. The maximum atomic E-state index is 12.8. The molecule has 25 heavy (non-hydrogen) atoms. The van der Waals surface area contributed by atoms with Gasteiger partial charge in [0.15, 0.2) is 5.82 Å². The summed E-state index contributed by atoms with van der Waals surface area (Å²) < 4.78 is 43.0. The molecular formula is C16H21N3O5S. The third-order valence-electron chi connectivity index (χ3n) is 3.97. The smallest absolute Gasteiger partial charge is 0.261 e. The van der Waals surface area contributed by atoms with Crippen molar-refractivity contribution < 1.29 is 22.4 Å². The van der Waals surface area contributed by atoms with Gasteiger partial charge in [0.2, 0.25) is 10.0 Å². The Balaban J connectivity index is 2.02. The predicted molar refractivity (Wildman–Crippen MR) is 90.0 cm³/mol. The number of rotatable bonds is 5. The Kier molecular flexibility index (Phi) is 5.07. The van der Waals surface area contributed by atoms with Crippen LogP contribution >= 0.6 is 0 Å². The maximum absolute atomic E-state index is 12.8. The van der Waals surface area contributed by atoms with Crippen molar-refractivity contribution in [3.63, 3.8) is 0 Å². The first kappa shape index (κ1) is 17.8. The van der Waals surface area contributed by atoms with E-state index < -0.39 is 10.0 Å². The second kappa shape index (κ2) is 7.11. The van der Waals surface area contributed by atoms with Gasteiger partial charge in [-0.05, 0) is 18.2 Å². The average Bonchev–Trinajstić information content (AvgIpc) is 3.12. The number of benzene rings is 1. The van der Waals surface area contributed by atoms with Crippen LogP contribution in [0.1, 0.15) is 25.6 Å². The third-order valence-corrected chi connectivity index (χ3v) is 5.86. The summed E-state index contributed by atoms with van der Waals surface area (Å²) in [4.78, 5) is 4.50. The molecule has 1 aliphatic heterocycles. The molecule has 0 unspecified atom stereocenters. The maximum Gasteiger partial charge on any atom is 0.261 e. The molecule has 8 nitrogen and oxygen atoms in total. The van der Waals surface area contributed by atoms with Gasteiger partial charge in [-0.2, -0.15) is 9.29 Å². The molecule has 136 valence electrons. The van der Waals surface area contributed by atoms with E-state index in [-0.39, 0.29) is 16.7 Å². The summed E-state index contributed by atoms with van der Waals surface area (Å²) in [5, 5.41) is 3.93. The molecule has 0 atom stereocenters. The first-order valence-electron chi connectivity index (χ1n) is 8.03. The zero-order chi connectivity index (χ0) is 18.0. The number of aromatic nitrogens is 2. The Morgan fingerprint density at radius 1 is 1.24 bits per heavy atom. The molecule has 3 rings (SSSR count). The molecule has 0 radical (unpaired) electrons. The van der Waals surface area contributed by atoms with Crippen molar-refractivity contribution in [2.75, 3.05) is 33.4 Å². The van der Waals surface area contributed by atoms with Gasteiger partial charge in [0.1, 0.15) is 5.75 Å². The van der Waals surface area contributed by atoms with Crippen molar-refractivity contribution in [1.29, 1.82) is 0 Å². The van der Waals surface area contributed by atoms with Crippen molar-refractivity contribution in [3.8, 4) is 17.2 Å². The van der Waals surface area contributed by atoms with E-state index in [1.807, 2.05) is 13.8 Å². The Morgan fingerprint density at radius 3 is 2.56 bits per heavy atom. The molecule has 1 saturated heterocycles. The first-order valence-corrected chi connectivity index (χ1v) is 9.47. The van der Waals surface area contributed by atoms with Gasteiger partial charge in [0.05, 0.1) is 30.8 Å². The van der Waals surface area contributed by atoms with Crippen LogP contribution in [-0.4, -0.2) is 56.3 Å². The standard InChI is InChI=1S/C16H21N3O5S/c1-11(2)15-17-16(24-18-15)13-10-12(4-5-14(13)22-3)25(20,21)19-6-8-23-9-7-19/h4-5,10-11H,6-9H2,1-3H3. The number of ether oxygens (including phenoxy) is 2. The van der Waals surface area contributed by atoms with Gasteiger partial charge in [-0.1, -0.05) is 19.0 Å². The Hall–Kier alpha value is -1.97. The first-order chi connectivity index (χ1) is 11.9. The number of sulfonamides is 1. The fraction of sp³-hybridized carbons (Fsp3) is 0.500. The van der Waals surface area contributed by atoms with E-state index in [9.17, 15) is 8.42 Å². The highest BCUT2D eigenvalue weighted by Crippen LogP contribution is 2.32. The molecule has 0 saturated carbocycles. The minimum atomic E-state index is -3.62. The lowest BCUT2D eigenvalue weighted by Gasteiger charge is -2.26. The molecule has 0 N–H and O–H groups in total. The predicted octanol–water partition coefficient (Wildman–Crippen LogP) is 1.89. The van der Waals surface area contributed by atoms with Crippen LogP contribution in [0.25, 0.3) is 11.5 Å². The van der Waals surface area contributed by atoms with E-state index in [4.69, 9.17) is 14.0 Å². The van der Waals surface area contributed by atoms with Gasteiger partial charge < -0.3 is 14.0 Å². The SMILES string of the molecule is COc1ccc(S(=O)(=O)N2CCOCC2)cc1-c1nc(C(C)C)no1. The fourth-order valence-corrected chi connectivity index (χ4v) is 3.96. The number of methoxy groups -OCH3 is 1. The molecule has 1 aliphatic rings. The quantitative estimate of drug-likeness (QED) is 0.796. The summed E-state index contributed by atoms with van der Waals surface area (Å²) >= 11 is 0. The van der Waals surface area contributed by atoms with Gasteiger partial charge in [-0.25, -0.2) is 8.42 Å². The van der Waals surface area contributed by atoms with Crippen LogP contribution in [0.3, 0.4) is 0 Å². The second-order valence-corrected chi connectivity index (χ2v) is 7.93. The molecule has 0 spiro atoms. The van der Waals surface area contributed by atoms with E-state index >= 15 is 0 Å². The molecule has 2 aromatic rings. The number of hydrogen-bond donors (Lipinski definition) is 0. The Labute approximate surface area is 146 Å².